The number of aromatic nitrogens is 2. The van der Waals surface area contributed by atoms with Crippen molar-refractivity contribution in [3.05, 3.63) is 34.2 Å². The van der Waals surface area contributed by atoms with Gasteiger partial charge in [-0.2, -0.15) is 0 Å². The molecule has 0 aliphatic carbocycles. The van der Waals surface area contributed by atoms with Gasteiger partial charge in [-0.15, -0.1) is 0 Å². The van der Waals surface area contributed by atoms with Crippen LogP contribution in [-0.4, -0.2) is 28.0 Å². The molecule has 0 bridgehead atoms. The Labute approximate surface area is 139 Å². The Kier molecular flexibility index (Phi) is 6.44. The van der Waals surface area contributed by atoms with Crippen molar-refractivity contribution in [3.8, 4) is 0 Å². The molecule has 0 saturated heterocycles. The van der Waals surface area contributed by atoms with E-state index >= 15 is 0 Å². The predicted molar refractivity (Wildman–Crippen MR) is 84.0 cm³/mol. The van der Waals surface area contributed by atoms with Gasteiger partial charge in [0.1, 0.15) is 5.82 Å². The largest absolute Gasteiger partial charge is 0.290 e. The summed E-state index contributed by atoms with van der Waals surface area (Å²) in [6.07, 6.45) is 1.85. The second-order valence-corrected chi connectivity index (χ2v) is 5.29. The predicted octanol–water partition coefficient (Wildman–Crippen LogP) is 3.17. The molecule has 0 aliphatic heterocycles. The third-order valence-electron chi connectivity index (χ3n) is 2.73. The Hall–Kier alpha value is -2.04. The van der Waals surface area contributed by atoms with Crippen LogP contribution in [0.5, 0.6) is 0 Å². The average Bonchev–Trinajstić information content (AvgIpc) is 3.01. The number of unbranched alkanes of at least 4 members (excludes halogenated alkanes) is 1. The van der Waals surface area contributed by atoms with Gasteiger partial charge in [-0.25, -0.2) is 19.5 Å². The molecule has 3 N–H and O–H groups in total. The molecule has 0 amide bonds. The van der Waals surface area contributed by atoms with Crippen molar-refractivity contribution in [2.24, 2.45) is 4.99 Å². The molecule has 23 heavy (non-hydrogen) atoms. The number of hydroxylamine groups is 1. The van der Waals surface area contributed by atoms with Crippen molar-refractivity contribution in [3.63, 3.8) is 0 Å². The molecule has 0 spiro atoms. The lowest BCUT2D eigenvalue weighted by molar-refractivity contribution is 0.185. The van der Waals surface area contributed by atoms with Crippen LogP contribution in [0.1, 0.15) is 25.5 Å². The topological polar surface area (TPSA) is 105 Å². The van der Waals surface area contributed by atoms with Crippen molar-refractivity contribution in [2.75, 3.05) is 12.1 Å². The number of amidine groups is 1. The van der Waals surface area contributed by atoms with E-state index in [1.54, 1.807) is 0 Å². The van der Waals surface area contributed by atoms with Crippen LogP contribution in [0.3, 0.4) is 0 Å². The first-order chi connectivity index (χ1) is 11.2. The molecule has 1 aromatic carbocycles. The Morgan fingerprint density at radius 1 is 1.48 bits per heavy atom. The summed E-state index contributed by atoms with van der Waals surface area (Å²) in [5.74, 6) is -0.300. The Morgan fingerprint density at radius 3 is 3.00 bits per heavy atom. The lowest BCUT2D eigenvalue weighted by Gasteiger charge is -2.06. The highest BCUT2D eigenvalue weighted by molar-refractivity contribution is 9.10. The summed E-state index contributed by atoms with van der Waals surface area (Å²) in [5, 5.41) is 16.6. The van der Waals surface area contributed by atoms with Crippen LogP contribution in [0.15, 0.2) is 32.3 Å². The smallest absolute Gasteiger partial charge is 0.225 e. The number of nitrogens with one attached hydrogen (secondary N) is 2. The van der Waals surface area contributed by atoms with Gasteiger partial charge in [-0.1, -0.05) is 13.3 Å². The van der Waals surface area contributed by atoms with Gasteiger partial charge in [-0.05, 0) is 50.9 Å². The molecule has 1 aromatic heterocycles. The van der Waals surface area contributed by atoms with Crippen molar-refractivity contribution in [2.45, 2.75) is 19.8 Å². The van der Waals surface area contributed by atoms with Gasteiger partial charge in [0.05, 0.1) is 16.8 Å². The fourth-order valence-electron chi connectivity index (χ4n) is 1.56. The van der Waals surface area contributed by atoms with E-state index in [2.05, 4.69) is 41.3 Å². The van der Waals surface area contributed by atoms with Crippen LogP contribution < -0.4 is 11.0 Å². The Morgan fingerprint density at radius 2 is 2.30 bits per heavy atom. The number of anilines is 1. The van der Waals surface area contributed by atoms with Gasteiger partial charge in [0, 0.05) is 0 Å². The zero-order chi connectivity index (χ0) is 16.7. The molecule has 8 nitrogen and oxygen atoms in total. The number of hydrogen-bond donors (Lipinski definition) is 3. The highest BCUT2D eigenvalue weighted by Crippen LogP contribution is 2.23. The van der Waals surface area contributed by atoms with Gasteiger partial charge in [0.15, 0.2) is 11.5 Å². The number of rotatable bonds is 7. The van der Waals surface area contributed by atoms with E-state index in [1.165, 1.54) is 18.2 Å². The lowest BCUT2D eigenvalue weighted by atomic mass is 10.3. The van der Waals surface area contributed by atoms with Crippen LogP contribution in [-0.2, 0) is 4.84 Å². The van der Waals surface area contributed by atoms with E-state index in [1.807, 2.05) is 12.4 Å². The summed E-state index contributed by atoms with van der Waals surface area (Å²) >= 11 is 3.06. The molecule has 0 fully saturated rings. The molecule has 10 heteroatoms. The SMILES string of the molecule is CCCCONc1nonc1C(=Nc1ccc(F)c(Br)c1)NO. The van der Waals surface area contributed by atoms with Crippen LogP contribution in [0.2, 0.25) is 0 Å². The van der Waals surface area contributed by atoms with Crippen molar-refractivity contribution < 1.29 is 19.1 Å². The van der Waals surface area contributed by atoms with Gasteiger partial charge < -0.3 is 0 Å². The molecule has 124 valence electrons. The molecule has 0 unspecified atom stereocenters. The van der Waals surface area contributed by atoms with E-state index < -0.39 is 5.82 Å². The number of hydrogen-bond acceptors (Lipinski definition) is 7. The first kappa shape index (κ1) is 17.3. The second kappa shape index (κ2) is 8.56. The molecule has 0 radical (unpaired) electrons. The van der Waals surface area contributed by atoms with Gasteiger partial charge >= 0.3 is 0 Å². The fourth-order valence-corrected chi connectivity index (χ4v) is 1.93. The standard InChI is InChI=1S/C13H15BrFN5O3/c1-2-3-6-22-19-13-11(18-23-20-13)12(17-21)16-8-4-5-10(15)9(14)7-8/h4-5,7,21H,2-3,6H2,1H3,(H,16,17)(H,19,20). The summed E-state index contributed by atoms with van der Waals surface area (Å²) in [7, 11) is 0. The van der Waals surface area contributed by atoms with Gasteiger partial charge in [-0.3, -0.25) is 15.5 Å². The maximum atomic E-state index is 13.2. The minimum absolute atomic E-state index is 0.0358. The summed E-state index contributed by atoms with van der Waals surface area (Å²) in [4.78, 5) is 9.33. The average molecular weight is 388 g/mol. The van der Waals surface area contributed by atoms with Crippen LogP contribution in [0.25, 0.3) is 0 Å². The molecule has 0 saturated carbocycles. The number of halogens is 2. The van der Waals surface area contributed by atoms with Crippen molar-refractivity contribution in [1.29, 1.82) is 0 Å². The molecule has 2 aromatic rings. The second-order valence-electron chi connectivity index (χ2n) is 4.44. The highest BCUT2D eigenvalue weighted by Gasteiger charge is 2.17. The third kappa shape index (κ3) is 4.71. The zero-order valence-corrected chi connectivity index (χ0v) is 13.8. The number of aliphatic imine (C=N–C) groups is 1. The Bertz CT molecular complexity index is 679. The van der Waals surface area contributed by atoms with E-state index in [0.717, 1.165) is 12.8 Å². The minimum atomic E-state index is -0.419. The monoisotopic (exact) mass is 387 g/mol. The molecular weight excluding hydrogens is 373 g/mol. The Balaban J connectivity index is 2.18. The fraction of sp³-hybridized carbons (Fsp3) is 0.308. The van der Waals surface area contributed by atoms with Crippen LogP contribution in [0, 0.1) is 5.82 Å². The molecular formula is C13H15BrFN5O3. The van der Waals surface area contributed by atoms with Crippen molar-refractivity contribution in [1.82, 2.24) is 15.8 Å². The van der Waals surface area contributed by atoms with Crippen LogP contribution in [0.4, 0.5) is 15.9 Å². The summed E-state index contributed by atoms with van der Waals surface area (Å²) in [6.45, 7) is 2.51. The summed E-state index contributed by atoms with van der Waals surface area (Å²) < 4.78 is 18.1. The lowest BCUT2D eigenvalue weighted by Crippen LogP contribution is -2.22. The third-order valence-corrected chi connectivity index (χ3v) is 3.34. The van der Waals surface area contributed by atoms with E-state index in [0.29, 0.717) is 12.3 Å². The van der Waals surface area contributed by atoms with E-state index in [9.17, 15) is 9.60 Å². The van der Waals surface area contributed by atoms with Gasteiger partial charge in [0.25, 0.3) is 0 Å². The first-order valence-electron chi connectivity index (χ1n) is 6.80. The minimum Gasteiger partial charge on any atom is -0.290 e. The molecule has 1 heterocycles. The van der Waals surface area contributed by atoms with Crippen LogP contribution >= 0.6 is 15.9 Å². The van der Waals surface area contributed by atoms with E-state index in [4.69, 9.17) is 4.84 Å². The maximum absolute atomic E-state index is 13.2. The first-order valence-corrected chi connectivity index (χ1v) is 7.59. The zero-order valence-electron chi connectivity index (χ0n) is 12.2. The number of nitrogens with zero attached hydrogens (tertiary/aromatic N) is 3. The molecule has 2 rings (SSSR count). The highest BCUT2D eigenvalue weighted by atomic mass is 79.9. The summed E-state index contributed by atoms with van der Waals surface area (Å²) in [5.41, 5.74) is 4.99. The van der Waals surface area contributed by atoms with E-state index in [-0.39, 0.29) is 21.8 Å². The number of benzene rings is 1. The molecule has 0 atom stereocenters. The van der Waals surface area contributed by atoms with Crippen molar-refractivity contribution >= 4 is 33.3 Å². The van der Waals surface area contributed by atoms with Gasteiger partial charge in [0.2, 0.25) is 5.82 Å². The summed E-state index contributed by atoms with van der Waals surface area (Å²) in [6, 6.07) is 4.13. The normalized spacial score (nSPS) is 11.6. The molecule has 0 aliphatic rings. The maximum Gasteiger partial charge on any atom is 0.225 e. The quantitative estimate of drug-likeness (QED) is 0.290.